The number of nitrogens with zero attached hydrogens (tertiary/aromatic N) is 2. The normalized spacial score (nSPS) is 21.2. The third-order valence-electron chi connectivity index (χ3n) is 3.38. The van der Waals surface area contributed by atoms with Gasteiger partial charge in [0.1, 0.15) is 0 Å². The van der Waals surface area contributed by atoms with Crippen LogP contribution in [0.25, 0.3) is 0 Å². The van der Waals surface area contributed by atoms with Crippen LogP contribution in [0, 0.1) is 0 Å². The summed E-state index contributed by atoms with van der Waals surface area (Å²) in [6, 6.07) is 1.67. The molecule has 5 nitrogen and oxygen atoms in total. The van der Waals surface area contributed by atoms with E-state index in [0.717, 1.165) is 17.2 Å². The van der Waals surface area contributed by atoms with Gasteiger partial charge in [0.15, 0.2) is 15.5 Å². The summed E-state index contributed by atoms with van der Waals surface area (Å²) >= 11 is 0. The first-order valence-corrected chi connectivity index (χ1v) is 7.94. The van der Waals surface area contributed by atoms with Crippen molar-refractivity contribution in [1.29, 1.82) is 0 Å². The number of carbonyl (C=O) groups excluding carboxylic acids is 1. The van der Waals surface area contributed by atoms with Gasteiger partial charge in [0, 0.05) is 19.3 Å². The molecule has 0 saturated carbocycles. The zero-order valence-corrected chi connectivity index (χ0v) is 11.9. The van der Waals surface area contributed by atoms with Crippen LogP contribution in [0.1, 0.15) is 22.5 Å². The molecule has 0 N–H and O–H groups in total. The van der Waals surface area contributed by atoms with Gasteiger partial charge in [-0.3, -0.25) is 9.78 Å². The number of carbonyl (C=O) groups is 1. The lowest BCUT2D eigenvalue weighted by atomic mass is 10.1. The smallest absolute Gasteiger partial charge is 0.338 e. The van der Waals surface area contributed by atoms with Crippen molar-refractivity contribution in [3.63, 3.8) is 0 Å². The lowest BCUT2D eigenvalue weighted by Crippen LogP contribution is -2.38. The van der Waals surface area contributed by atoms with Crippen molar-refractivity contribution in [3.8, 4) is 0 Å². The van der Waals surface area contributed by atoms with E-state index in [2.05, 4.69) is 4.98 Å². The molecule has 2 heterocycles. The summed E-state index contributed by atoms with van der Waals surface area (Å²) in [5.41, 5.74) is -1.83. The van der Waals surface area contributed by atoms with Gasteiger partial charge >= 0.3 is 6.18 Å². The van der Waals surface area contributed by atoms with Gasteiger partial charge in [-0.05, 0) is 18.6 Å². The van der Waals surface area contributed by atoms with Gasteiger partial charge in [-0.15, -0.1) is 0 Å². The van der Waals surface area contributed by atoms with Crippen molar-refractivity contribution < 1.29 is 26.4 Å². The Morgan fingerprint density at radius 3 is 2.62 bits per heavy atom. The first-order chi connectivity index (χ1) is 9.62. The Bertz CT molecular complexity index is 658. The highest BCUT2D eigenvalue weighted by Gasteiger charge is 2.39. The molecule has 2 rings (SSSR count). The SMILES string of the molecule is CN(C(=O)c1cccnc1C(F)(F)F)C1CCS(=O)(=O)C1. The molecular weight excluding hydrogens is 309 g/mol. The van der Waals surface area contributed by atoms with Gasteiger partial charge in [-0.2, -0.15) is 13.2 Å². The molecule has 1 aliphatic rings. The number of alkyl halides is 3. The minimum atomic E-state index is -4.74. The summed E-state index contributed by atoms with van der Waals surface area (Å²) in [6.07, 6.45) is -3.55. The van der Waals surface area contributed by atoms with E-state index in [9.17, 15) is 26.4 Å². The molecule has 1 fully saturated rings. The molecule has 1 atom stereocenters. The van der Waals surface area contributed by atoms with Crippen LogP contribution in [0.5, 0.6) is 0 Å². The minimum Gasteiger partial charge on any atom is -0.338 e. The van der Waals surface area contributed by atoms with Crippen LogP contribution < -0.4 is 0 Å². The molecule has 1 aromatic heterocycles. The largest absolute Gasteiger partial charge is 0.434 e. The molecule has 0 radical (unpaired) electrons. The second kappa shape index (κ2) is 5.28. The summed E-state index contributed by atoms with van der Waals surface area (Å²) in [5, 5.41) is 0. The van der Waals surface area contributed by atoms with Gasteiger partial charge < -0.3 is 4.90 Å². The molecule has 1 amide bonds. The number of sulfone groups is 1. The van der Waals surface area contributed by atoms with Crippen LogP contribution in [0.3, 0.4) is 0 Å². The molecule has 0 bridgehead atoms. The van der Waals surface area contributed by atoms with Crippen LogP contribution in [0.2, 0.25) is 0 Å². The van der Waals surface area contributed by atoms with E-state index < -0.39 is 39.2 Å². The van der Waals surface area contributed by atoms with Gasteiger partial charge in [-0.25, -0.2) is 8.42 Å². The number of amides is 1. The molecule has 0 aliphatic carbocycles. The molecule has 21 heavy (non-hydrogen) atoms. The maximum Gasteiger partial charge on any atom is 0.434 e. The predicted molar refractivity (Wildman–Crippen MR) is 68.4 cm³/mol. The van der Waals surface area contributed by atoms with Crippen LogP contribution in [0.4, 0.5) is 13.2 Å². The minimum absolute atomic E-state index is 0.0611. The van der Waals surface area contributed by atoms with E-state index >= 15 is 0 Å². The molecule has 9 heteroatoms. The predicted octanol–water partition coefficient (Wildman–Crippen LogP) is 1.36. The van der Waals surface area contributed by atoms with E-state index in [1.165, 1.54) is 13.1 Å². The Balaban J connectivity index is 2.29. The standard InChI is InChI=1S/C12H13F3N2O3S/c1-17(8-4-6-21(19,20)7-8)11(18)9-3-2-5-16-10(9)12(13,14)15/h2-3,5,8H,4,6-7H2,1H3. The van der Waals surface area contributed by atoms with Gasteiger partial charge in [0.2, 0.25) is 0 Å². The van der Waals surface area contributed by atoms with Gasteiger partial charge in [0.05, 0.1) is 17.1 Å². The van der Waals surface area contributed by atoms with Crippen molar-refractivity contribution >= 4 is 15.7 Å². The molecule has 0 spiro atoms. The Morgan fingerprint density at radius 1 is 1.43 bits per heavy atom. The van der Waals surface area contributed by atoms with Crippen LogP contribution in [-0.2, 0) is 16.0 Å². The third-order valence-corrected chi connectivity index (χ3v) is 5.13. The number of aromatic nitrogens is 1. The molecule has 1 unspecified atom stereocenters. The van der Waals surface area contributed by atoms with Crippen molar-refractivity contribution in [2.45, 2.75) is 18.6 Å². The summed E-state index contributed by atoms with van der Waals surface area (Å²) in [4.78, 5) is 16.5. The summed E-state index contributed by atoms with van der Waals surface area (Å²) in [5.74, 6) is -1.16. The second-order valence-electron chi connectivity index (χ2n) is 4.87. The van der Waals surface area contributed by atoms with Gasteiger partial charge in [0.25, 0.3) is 5.91 Å². The maximum atomic E-state index is 12.8. The fraction of sp³-hybridized carbons (Fsp3) is 0.500. The average Bonchev–Trinajstić information content (AvgIpc) is 2.76. The van der Waals surface area contributed by atoms with Crippen molar-refractivity contribution in [3.05, 3.63) is 29.6 Å². The number of pyridine rings is 1. The highest BCUT2D eigenvalue weighted by atomic mass is 32.2. The van der Waals surface area contributed by atoms with Crippen LogP contribution in [0.15, 0.2) is 18.3 Å². The number of rotatable bonds is 2. The second-order valence-corrected chi connectivity index (χ2v) is 7.10. The quantitative estimate of drug-likeness (QED) is 0.824. The Morgan fingerprint density at radius 2 is 2.10 bits per heavy atom. The first-order valence-electron chi connectivity index (χ1n) is 6.11. The fourth-order valence-corrected chi connectivity index (χ4v) is 4.01. The zero-order valence-electron chi connectivity index (χ0n) is 11.1. The zero-order chi connectivity index (χ0) is 15.8. The lowest BCUT2D eigenvalue weighted by Gasteiger charge is -2.24. The highest BCUT2D eigenvalue weighted by Crippen LogP contribution is 2.31. The van der Waals surface area contributed by atoms with Crippen molar-refractivity contribution in [2.75, 3.05) is 18.6 Å². The topological polar surface area (TPSA) is 67.3 Å². The number of halogens is 3. The summed E-state index contributed by atoms with van der Waals surface area (Å²) in [6.45, 7) is 0. The summed E-state index contributed by atoms with van der Waals surface area (Å²) < 4.78 is 61.3. The fourth-order valence-electron chi connectivity index (χ4n) is 2.24. The monoisotopic (exact) mass is 322 g/mol. The molecule has 116 valence electrons. The van der Waals surface area contributed by atoms with Crippen LogP contribution >= 0.6 is 0 Å². The van der Waals surface area contributed by atoms with Crippen molar-refractivity contribution in [2.24, 2.45) is 0 Å². The van der Waals surface area contributed by atoms with E-state index in [1.807, 2.05) is 0 Å². The van der Waals surface area contributed by atoms with E-state index in [0.29, 0.717) is 0 Å². The van der Waals surface area contributed by atoms with Crippen LogP contribution in [-0.4, -0.2) is 48.8 Å². The molecule has 0 aromatic carbocycles. The molecule has 1 saturated heterocycles. The van der Waals surface area contributed by atoms with Crippen molar-refractivity contribution in [1.82, 2.24) is 9.88 Å². The van der Waals surface area contributed by atoms with Gasteiger partial charge in [-0.1, -0.05) is 0 Å². The lowest BCUT2D eigenvalue weighted by molar-refractivity contribution is -0.141. The Hall–Kier alpha value is -1.64. The van der Waals surface area contributed by atoms with E-state index in [4.69, 9.17) is 0 Å². The van der Waals surface area contributed by atoms with E-state index in [1.54, 1.807) is 0 Å². The summed E-state index contributed by atoms with van der Waals surface area (Å²) in [7, 11) is -1.92. The molecule has 1 aliphatic heterocycles. The Labute approximate surface area is 119 Å². The number of hydrogen-bond acceptors (Lipinski definition) is 4. The third kappa shape index (κ3) is 3.34. The molecule has 1 aromatic rings. The Kier molecular flexibility index (Phi) is 3.96. The molecular formula is C12H13F3N2O3S. The van der Waals surface area contributed by atoms with E-state index in [-0.39, 0.29) is 17.9 Å². The first kappa shape index (κ1) is 15.7. The number of hydrogen-bond donors (Lipinski definition) is 0. The highest BCUT2D eigenvalue weighted by molar-refractivity contribution is 7.91. The average molecular weight is 322 g/mol. The maximum absolute atomic E-state index is 12.8.